The van der Waals surface area contributed by atoms with Crippen LogP contribution in [0.4, 0.5) is 0 Å². The van der Waals surface area contributed by atoms with Crippen LogP contribution in [0.3, 0.4) is 0 Å². The number of allylic oxidation sites excluding steroid dienone is 8. The Labute approximate surface area is 152 Å². The van der Waals surface area contributed by atoms with E-state index in [1.54, 1.807) is 0 Å². The third-order valence-corrected chi connectivity index (χ3v) is 3.85. The Morgan fingerprint density at radius 2 is 2.08 bits per heavy atom. The predicted octanol–water partition coefficient (Wildman–Crippen LogP) is 4.78. The van der Waals surface area contributed by atoms with Crippen molar-refractivity contribution in [1.82, 2.24) is 10.6 Å². The first-order valence-corrected chi connectivity index (χ1v) is 8.46. The van der Waals surface area contributed by atoms with Crippen molar-refractivity contribution in [1.29, 1.82) is 5.41 Å². The van der Waals surface area contributed by atoms with Gasteiger partial charge < -0.3 is 16.0 Å². The lowest BCUT2D eigenvalue weighted by Crippen LogP contribution is -2.23. The molecule has 1 heterocycles. The van der Waals surface area contributed by atoms with Crippen molar-refractivity contribution in [3.63, 3.8) is 0 Å². The van der Waals surface area contributed by atoms with E-state index in [1.165, 1.54) is 11.8 Å². The fourth-order valence-electron chi connectivity index (χ4n) is 2.73. The molecule has 0 saturated heterocycles. The Morgan fingerprint density at radius 1 is 1.40 bits per heavy atom. The third-order valence-electron chi connectivity index (χ3n) is 3.85. The summed E-state index contributed by atoms with van der Waals surface area (Å²) in [6, 6.07) is 0.203. The van der Waals surface area contributed by atoms with Gasteiger partial charge >= 0.3 is 0 Å². The maximum atomic E-state index is 7.91. The van der Waals surface area contributed by atoms with Gasteiger partial charge in [0.15, 0.2) is 0 Å². The Hall–Kier alpha value is -2.62. The lowest BCUT2D eigenvalue weighted by Gasteiger charge is -2.23. The van der Waals surface area contributed by atoms with Gasteiger partial charge in [0, 0.05) is 35.6 Å². The number of hydrogen-bond donors (Lipinski definition) is 3. The normalized spacial score (nSPS) is 16.1. The smallest absolute Gasteiger partial charge is 0.134 e. The molecule has 0 unspecified atom stereocenters. The van der Waals surface area contributed by atoms with Gasteiger partial charge in [-0.2, -0.15) is 0 Å². The maximum absolute atomic E-state index is 7.91. The summed E-state index contributed by atoms with van der Waals surface area (Å²) >= 11 is 0. The van der Waals surface area contributed by atoms with Crippen LogP contribution in [-0.4, -0.2) is 19.0 Å². The number of nitrogens with one attached hydrogen (secondary N) is 3. The second-order valence-electron chi connectivity index (χ2n) is 6.39. The first-order valence-electron chi connectivity index (χ1n) is 8.46. The first-order chi connectivity index (χ1) is 11.8. The van der Waals surface area contributed by atoms with Gasteiger partial charge in [0.1, 0.15) is 5.82 Å². The summed E-state index contributed by atoms with van der Waals surface area (Å²) in [7, 11) is 0. The molecule has 0 aromatic heterocycles. The quantitative estimate of drug-likeness (QED) is 0.322. The van der Waals surface area contributed by atoms with Crippen molar-refractivity contribution in [2.75, 3.05) is 0 Å². The molecule has 1 rings (SSSR count). The fraction of sp³-hybridized carbons (Fsp3) is 0.333. The van der Waals surface area contributed by atoms with Gasteiger partial charge in [-0.15, -0.1) is 6.58 Å². The molecule has 0 aromatic rings. The zero-order valence-electron chi connectivity index (χ0n) is 15.9. The van der Waals surface area contributed by atoms with Crippen molar-refractivity contribution in [3.8, 4) is 0 Å². The van der Waals surface area contributed by atoms with E-state index in [-0.39, 0.29) is 6.04 Å². The molecule has 134 valence electrons. The summed E-state index contributed by atoms with van der Waals surface area (Å²) in [5.74, 6) is 0.625. The molecule has 3 N–H and O–H groups in total. The topological polar surface area (TPSA) is 60.3 Å². The van der Waals surface area contributed by atoms with E-state index in [2.05, 4.69) is 54.6 Å². The lowest BCUT2D eigenvalue weighted by atomic mass is 9.91. The number of nitrogens with zero attached hydrogens (tertiary/aromatic N) is 1. The summed E-state index contributed by atoms with van der Waals surface area (Å²) < 4.78 is 0. The molecule has 0 amide bonds. The van der Waals surface area contributed by atoms with Crippen molar-refractivity contribution in [3.05, 3.63) is 70.9 Å². The zero-order chi connectivity index (χ0) is 19.0. The molecule has 4 nitrogen and oxygen atoms in total. The second-order valence-corrected chi connectivity index (χ2v) is 6.39. The van der Waals surface area contributed by atoms with E-state index in [9.17, 15) is 0 Å². The van der Waals surface area contributed by atoms with Gasteiger partial charge in [0.05, 0.1) is 0 Å². The van der Waals surface area contributed by atoms with E-state index >= 15 is 0 Å². The molecule has 0 aliphatic carbocycles. The minimum Gasteiger partial charge on any atom is -0.367 e. The molecule has 25 heavy (non-hydrogen) atoms. The average Bonchev–Trinajstić information content (AvgIpc) is 2.54. The summed E-state index contributed by atoms with van der Waals surface area (Å²) in [5.41, 5.74) is 6.05. The van der Waals surface area contributed by atoms with Gasteiger partial charge in [0.25, 0.3) is 0 Å². The van der Waals surface area contributed by atoms with Crippen molar-refractivity contribution >= 4 is 12.9 Å². The van der Waals surface area contributed by atoms with Gasteiger partial charge in [-0.1, -0.05) is 18.7 Å². The van der Waals surface area contributed by atoms with E-state index in [0.29, 0.717) is 12.2 Å². The van der Waals surface area contributed by atoms with Crippen LogP contribution >= 0.6 is 0 Å². The lowest BCUT2D eigenvalue weighted by molar-refractivity contribution is 0.661. The molecule has 0 aromatic carbocycles. The standard InChI is InChI=1S/C21H30N4/c1-8-9-10-18(20(13-22)21(23-7)24-14(2)3)12-19-15(4)11-16(5)25-17(19)6/h8,10-11,13-14,22,24-25H,1,6-7,9,12H2,2-5H3/b18-10-,21-20+,22-13?. The third kappa shape index (κ3) is 5.75. The van der Waals surface area contributed by atoms with Gasteiger partial charge in [-0.25, -0.2) is 4.99 Å². The van der Waals surface area contributed by atoms with Crippen LogP contribution in [0.1, 0.15) is 40.5 Å². The van der Waals surface area contributed by atoms with Crippen LogP contribution in [0.15, 0.2) is 75.9 Å². The molecule has 0 bridgehead atoms. The Balaban J connectivity index is 3.38. The summed E-state index contributed by atoms with van der Waals surface area (Å²) in [6.45, 7) is 19.8. The minimum absolute atomic E-state index is 0.203. The molecule has 0 saturated carbocycles. The highest BCUT2D eigenvalue weighted by molar-refractivity contribution is 5.84. The molecular formula is C21H30N4. The highest BCUT2D eigenvalue weighted by atomic mass is 15.0. The maximum Gasteiger partial charge on any atom is 0.134 e. The molecule has 4 heteroatoms. The van der Waals surface area contributed by atoms with E-state index < -0.39 is 0 Å². The molecule has 1 aliphatic heterocycles. The van der Waals surface area contributed by atoms with Crippen LogP contribution < -0.4 is 10.6 Å². The van der Waals surface area contributed by atoms with Crippen molar-refractivity contribution in [2.24, 2.45) is 4.99 Å². The molecule has 0 fully saturated rings. The molecule has 0 spiro atoms. The van der Waals surface area contributed by atoms with Crippen molar-refractivity contribution in [2.45, 2.75) is 46.6 Å². The average molecular weight is 338 g/mol. The van der Waals surface area contributed by atoms with Gasteiger partial charge in [0.2, 0.25) is 0 Å². The zero-order valence-corrected chi connectivity index (χ0v) is 15.9. The number of aliphatic imine (C=N–C) groups is 1. The van der Waals surface area contributed by atoms with E-state index in [4.69, 9.17) is 5.41 Å². The SMILES string of the molecule is C=CC/C=C(CC1=C(C)C=C(C)NC1=C)\C(C=N)=C(/N=C)NC(C)C. The van der Waals surface area contributed by atoms with Crippen LogP contribution in [0.5, 0.6) is 0 Å². The van der Waals surface area contributed by atoms with Gasteiger partial charge in [-0.3, -0.25) is 0 Å². The highest BCUT2D eigenvalue weighted by Gasteiger charge is 2.17. The monoisotopic (exact) mass is 338 g/mol. The molecule has 0 atom stereocenters. The minimum atomic E-state index is 0.203. The van der Waals surface area contributed by atoms with Crippen molar-refractivity contribution < 1.29 is 0 Å². The fourth-order valence-corrected chi connectivity index (χ4v) is 2.73. The summed E-state index contributed by atoms with van der Waals surface area (Å²) in [4.78, 5) is 4.11. The number of dihydropyridines is 1. The summed E-state index contributed by atoms with van der Waals surface area (Å²) in [5, 5.41) is 14.5. The molecular weight excluding hydrogens is 308 g/mol. The molecule has 0 radical (unpaired) electrons. The Morgan fingerprint density at radius 3 is 2.56 bits per heavy atom. The predicted molar refractivity (Wildman–Crippen MR) is 110 cm³/mol. The van der Waals surface area contributed by atoms with Gasteiger partial charge in [-0.05, 0) is 63.6 Å². The number of rotatable bonds is 9. The van der Waals surface area contributed by atoms with Crippen LogP contribution in [0.25, 0.3) is 0 Å². The van der Waals surface area contributed by atoms with E-state index in [0.717, 1.165) is 34.5 Å². The Kier molecular flexibility index (Phi) is 7.86. The number of hydrogen-bond acceptors (Lipinski definition) is 4. The first kappa shape index (κ1) is 20.4. The van der Waals surface area contributed by atoms with Crippen LogP contribution in [-0.2, 0) is 0 Å². The van der Waals surface area contributed by atoms with Crippen LogP contribution in [0.2, 0.25) is 0 Å². The second kappa shape index (κ2) is 9.62. The highest BCUT2D eigenvalue weighted by Crippen LogP contribution is 2.29. The largest absolute Gasteiger partial charge is 0.367 e. The Bertz CT molecular complexity index is 685. The van der Waals surface area contributed by atoms with Crippen LogP contribution in [0, 0.1) is 5.41 Å². The van der Waals surface area contributed by atoms with E-state index in [1.807, 2.05) is 26.8 Å². The molecule has 1 aliphatic rings. The summed E-state index contributed by atoms with van der Waals surface area (Å²) in [6.07, 6.45) is 8.77.